The predicted octanol–water partition coefficient (Wildman–Crippen LogP) is 3.32. The van der Waals surface area contributed by atoms with Gasteiger partial charge in [-0.2, -0.15) is 0 Å². The minimum Gasteiger partial charge on any atom is -0.493 e. The molecule has 4 nitrogen and oxygen atoms in total. The van der Waals surface area contributed by atoms with Crippen LogP contribution in [0, 0.1) is 0 Å². The standard InChI is InChI=1S/C18H16N2O2/c21-17-16-12-8-9-13(10-12)19(16)18(22)20(17)15-7-3-5-11-4-1-2-6-14(11)15/h1-7,12-13,21H,8-10H2. The second-order valence-electron chi connectivity index (χ2n) is 6.36. The number of aromatic hydroxyl groups is 1. The van der Waals surface area contributed by atoms with E-state index in [-0.39, 0.29) is 17.6 Å². The van der Waals surface area contributed by atoms with Gasteiger partial charge in [-0.15, -0.1) is 0 Å². The van der Waals surface area contributed by atoms with Crippen LogP contribution in [0.3, 0.4) is 0 Å². The highest BCUT2D eigenvalue weighted by Crippen LogP contribution is 2.51. The number of nitrogens with zero attached hydrogens (tertiary/aromatic N) is 2. The molecule has 0 amide bonds. The summed E-state index contributed by atoms with van der Waals surface area (Å²) in [6.45, 7) is 0. The zero-order chi connectivity index (χ0) is 14.8. The summed E-state index contributed by atoms with van der Waals surface area (Å²) in [4.78, 5) is 12.9. The Balaban J connectivity index is 1.86. The average Bonchev–Trinajstić information content (AvgIpc) is 3.21. The van der Waals surface area contributed by atoms with Crippen molar-refractivity contribution in [3.63, 3.8) is 0 Å². The summed E-state index contributed by atoms with van der Waals surface area (Å²) in [6.07, 6.45) is 3.14. The molecule has 0 saturated heterocycles. The Kier molecular flexibility index (Phi) is 2.22. The van der Waals surface area contributed by atoms with Crippen molar-refractivity contribution < 1.29 is 5.11 Å². The molecule has 2 heterocycles. The van der Waals surface area contributed by atoms with E-state index in [1.165, 1.54) is 4.57 Å². The van der Waals surface area contributed by atoms with E-state index in [0.717, 1.165) is 41.4 Å². The van der Waals surface area contributed by atoms with Crippen LogP contribution in [-0.4, -0.2) is 14.2 Å². The largest absolute Gasteiger partial charge is 0.493 e. The van der Waals surface area contributed by atoms with Crippen LogP contribution in [0.25, 0.3) is 16.5 Å². The fraction of sp³-hybridized carbons (Fsp3) is 0.278. The van der Waals surface area contributed by atoms with Gasteiger partial charge in [0, 0.05) is 17.3 Å². The van der Waals surface area contributed by atoms with E-state index in [4.69, 9.17) is 0 Å². The lowest BCUT2D eigenvalue weighted by atomic mass is 10.1. The van der Waals surface area contributed by atoms with Crippen LogP contribution in [0.4, 0.5) is 0 Å². The van der Waals surface area contributed by atoms with Crippen molar-refractivity contribution in [2.24, 2.45) is 0 Å². The lowest BCUT2D eigenvalue weighted by molar-refractivity contribution is 0.428. The highest BCUT2D eigenvalue weighted by atomic mass is 16.3. The molecule has 1 aromatic heterocycles. The molecule has 5 rings (SSSR count). The van der Waals surface area contributed by atoms with Gasteiger partial charge in [-0.3, -0.25) is 4.57 Å². The topological polar surface area (TPSA) is 47.2 Å². The van der Waals surface area contributed by atoms with Gasteiger partial charge in [0.15, 0.2) is 0 Å². The van der Waals surface area contributed by atoms with Crippen LogP contribution >= 0.6 is 0 Å². The first-order valence-electron chi connectivity index (χ1n) is 7.80. The fourth-order valence-electron chi connectivity index (χ4n) is 4.32. The summed E-state index contributed by atoms with van der Waals surface area (Å²) in [5.41, 5.74) is 1.51. The monoisotopic (exact) mass is 292 g/mol. The number of benzene rings is 2. The molecule has 110 valence electrons. The fourth-order valence-corrected chi connectivity index (χ4v) is 4.32. The van der Waals surface area contributed by atoms with E-state index >= 15 is 0 Å². The molecule has 1 saturated carbocycles. The van der Waals surface area contributed by atoms with Crippen molar-refractivity contribution in [1.82, 2.24) is 9.13 Å². The Morgan fingerprint density at radius 1 is 1.05 bits per heavy atom. The number of hydrogen-bond acceptors (Lipinski definition) is 2. The van der Waals surface area contributed by atoms with Gasteiger partial charge in [0.25, 0.3) is 0 Å². The van der Waals surface area contributed by atoms with Crippen molar-refractivity contribution in [3.05, 3.63) is 58.6 Å². The molecule has 0 spiro atoms. The molecule has 1 aliphatic carbocycles. The summed E-state index contributed by atoms with van der Waals surface area (Å²) in [7, 11) is 0. The maximum absolute atomic E-state index is 12.9. The first kappa shape index (κ1) is 12.1. The summed E-state index contributed by atoms with van der Waals surface area (Å²) >= 11 is 0. The maximum Gasteiger partial charge on any atom is 0.336 e. The third kappa shape index (κ3) is 1.35. The first-order chi connectivity index (χ1) is 10.8. The quantitative estimate of drug-likeness (QED) is 0.748. The second-order valence-corrected chi connectivity index (χ2v) is 6.36. The third-order valence-electron chi connectivity index (χ3n) is 5.26. The normalized spacial score (nSPS) is 22.4. The molecule has 1 aliphatic heterocycles. The SMILES string of the molecule is O=c1n(-c2cccc3ccccc23)c(O)c2n1C1CCC2C1. The molecule has 1 N–H and O–H groups in total. The summed E-state index contributed by atoms with van der Waals surface area (Å²) < 4.78 is 3.31. The summed E-state index contributed by atoms with van der Waals surface area (Å²) in [5.74, 6) is 0.475. The van der Waals surface area contributed by atoms with Crippen molar-refractivity contribution in [2.75, 3.05) is 0 Å². The van der Waals surface area contributed by atoms with Gasteiger partial charge < -0.3 is 5.11 Å². The number of imidazole rings is 1. The summed E-state index contributed by atoms with van der Waals surface area (Å²) in [5, 5.41) is 12.8. The number of rotatable bonds is 1. The Morgan fingerprint density at radius 3 is 2.73 bits per heavy atom. The molecule has 2 bridgehead atoms. The van der Waals surface area contributed by atoms with E-state index in [1.54, 1.807) is 0 Å². The zero-order valence-electron chi connectivity index (χ0n) is 12.1. The lowest BCUT2D eigenvalue weighted by Crippen LogP contribution is -2.25. The molecule has 2 aromatic carbocycles. The zero-order valence-corrected chi connectivity index (χ0v) is 12.1. The van der Waals surface area contributed by atoms with Crippen LogP contribution in [0.5, 0.6) is 5.88 Å². The van der Waals surface area contributed by atoms with Crippen molar-refractivity contribution in [1.29, 1.82) is 0 Å². The lowest BCUT2D eigenvalue weighted by Gasteiger charge is -2.11. The van der Waals surface area contributed by atoms with E-state index < -0.39 is 0 Å². The van der Waals surface area contributed by atoms with E-state index in [9.17, 15) is 9.90 Å². The van der Waals surface area contributed by atoms with Gasteiger partial charge in [0.05, 0.1) is 11.4 Å². The predicted molar refractivity (Wildman–Crippen MR) is 84.8 cm³/mol. The van der Waals surface area contributed by atoms with E-state index in [1.807, 2.05) is 47.0 Å². The van der Waals surface area contributed by atoms with Crippen LogP contribution in [0.15, 0.2) is 47.3 Å². The molecule has 2 atom stereocenters. The minimum atomic E-state index is -0.101. The number of hydrogen-bond donors (Lipinski definition) is 1. The Bertz CT molecular complexity index is 962. The molecular formula is C18H16N2O2. The molecule has 2 unspecified atom stereocenters. The second kappa shape index (κ2) is 4.03. The number of fused-ring (bicyclic) bond motifs is 6. The van der Waals surface area contributed by atoms with Gasteiger partial charge in [-0.1, -0.05) is 36.4 Å². The number of aromatic nitrogens is 2. The average molecular weight is 292 g/mol. The third-order valence-corrected chi connectivity index (χ3v) is 5.26. The summed E-state index contributed by atoms with van der Waals surface area (Å²) in [6, 6.07) is 14.1. The molecule has 2 aliphatic rings. The van der Waals surface area contributed by atoms with Crippen LogP contribution < -0.4 is 5.69 Å². The highest BCUT2D eigenvalue weighted by molar-refractivity contribution is 5.90. The smallest absolute Gasteiger partial charge is 0.336 e. The van der Waals surface area contributed by atoms with E-state index in [0.29, 0.717) is 5.92 Å². The molecule has 1 fully saturated rings. The van der Waals surface area contributed by atoms with Crippen LogP contribution in [-0.2, 0) is 0 Å². The Morgan fingerprint density at radius 2 is 1.86 bits per heavy atom. The van der Waals surface area contributed by atoms with Crippen molar-refractivity contribution in [2.45, 2.75) is 31.2 Å². The van der Waals surface area contributed by atoms with Gasteiger partial charge in [-0.05, 0) is 30.7 Å². The van der Waals surface area contributed by atoms with Crippen molar-refractivity contribution in [3.8, 4) is 11.6 Å². The molecule has 3 aromatic rings. The minimum absolute atomic E-state index is 0.101. The highest BCUT2D eigenvalue weighted by Gasteiger charge is 2.42. The first-order valence-corrected chi connectivity index (χ1v) is 7.80. The maximum atomic E-state index is 12.9. The molecule has 4 heteroatoms. The Hall–Kier alpha value is -2.49. The van der Waals surface area contributed by atoms with Crippen LogP contribution in [0.2, 0.25) is 0 Å². The van der Waals surface area contributed by atoms with Gasteiger partial charge >= 0.3 is 5.69 Å². The Labute approximate surface area is 127 Å². The van der Waals surface area contributed by atoms with Gasteiger partial charge in [-0.25, -0.2) is 9.36 Å². The molecule has 0 radical (unpaired) electrons. The van der Waals surface area contributed by atoms with E-state index in [2.05, 4.69) is 0 Å². The van der Waals surface area contributed by atoms with Gasteiger partial charge in [0.1, 0.15) is 0 Å². The van der Waals surface area contributed by atoms with Crippen LogP contribution in [0.1, 0.15) is 36.9 Å². The van der Waals surface area contributed by atoms with Crippen molar-refractivity contribution >= 4 is 10.8 Å². The molecule has 22 heavy (non-hydrogen) atoms. The van der Waals surface area contributed by atoms with Gasteiger partial charge in [0.2, 0.25) is 5.88 Å². The molecular weight excluding hydrogens is 276 g/mol.